The second-order valence-corrected chi connectivity index (χ2v) is 14.2. The molecule has 280 valence electrons. The van der Waals surface area contributed by atoms with Gasteiger partial charge in [0.25, 0.3) is 5.91 Å². The van der Waals surface area contributed by atoms with E-state index in [1.165, 1.54) is 6.33 Å². The van der Waals surface area contributed by atoms with Gasteiger partial charge in [-0.15, -0.1) is 0 Å². The molecule has 0 radical (unpaired) electrons. The minimum Gasteiger partial charge on any atom is -0.451 e. The van der Waals surface area contributed by atoms with Gasteiger partial charge in [-0.3, -0.25) is 9.36 Å². The molecule has 7 rings (SSSR count). The van der Waals surface area contributed by atoms with E-state index in [1.807, 2.05) is 22.6 Å². The number of fused-ring (bicyclic) bond motifs is 1. The van der Waals surface area contributed by atoms with Gasteiger partial charge in [0.1, 0.15) is 0 Å². The van der Waals surface area contributed by atoms with Crippen molar-refractivity contribution in [3.8, 4) is 0 Å². The molecule has 1 aliphatic rings. The number of carbonyl (C=O) groups excluding carboxylic acids is 3. The summed E-state index contributed by atoms with van der Waals surface area (Å²) in [6, 6.07) is 33.7. The van der Waals surface area contributed by atoms with E-state index in [1.54, 1.807) is 72.2 Å². The van der Waals surface area contributed by atoms with Gasteiger partial charge in [0.2, 0.25) is 0 Å². The van der Waals surface area contributed by atoms with E-state index in [4.69, 9.17) is 29.2 Å². The summed E-state index contributed by atoms with van der Waals surface area (Å²) >= 11 is 2.04. The highest BCUT2D eigenvalue weighted by Crippen LogP contribution is 2.38. The first kappa shape index (κ1) is 37.6. The molecule has 0 spiro atoms. The number of nitrogens with zero attached hydrogens (tertiary/aromatic N) is 4. The molecular weight excluding hydrogens is 811 g/mol. The molecule has 4 aromatic carbocycles. The molecule has 0 bridgehead atoms. The molecule has 4 unspecified atom stereocenters. The molecule has 1 fully saturated rings. The summed E-state index contributed by atoms with van der Waals surface area (Å²) in [5.41, 5.74) is 5.94. The van der Waals surface area contributed by atoms with E-state index in [0.29, 0.717) is 27.4 Å². The summed E-state index contributed by atoms with van der Waals surface area (Å²) in [6.45, 7) is 6.70. The van der Waals surface area contributed by atoms with Gasteiger partial charge in [-0.05, 0) is 56.2 Å². The quantitative estimate of drug-likeness (QED) is 0.0768. The predicted molar refractivity (Wildman–Crippen MR) is 215 cm³/mol. The molecule has 1 aliphatic heterocycles. The number of carbonyl (C=O) groups is 3. The van der Waals surface area contributed by atoms with Gasteiger partial charge in [-0.25, -0.2) is 24.5 Å². The number of likely N-dealkylation sites (N-methyl/N-ethyl adjacent to an activating group) is 1. The second-order valence-electron chi connectivity index (χ2n) is 13.2. The van der Waals surface area contributed by atoms with Gasteiger partial charge in [-0.1, -0.05) is 96.1 Å². The lowest BCUT2D eigenvalue weighted by atomic mass is 9.89. The lowest BCUT2D eigenvalue weighted by Crippen LogP contribution is -2.46. The molecule has 6 aromatic rings. The lowest BCUT2D eigenvalue weighted by Gasteiger charge is -2.24. The van der Waals surface area contributed by atoms with Gasteiger partial charge in [0, 0.05) is 41.6 Å². The minimum absolute atomic E-state index is 0.0117. The number of ether oxygens (including phenoxy) is 3. The standard InChI is InChI=1S/C42H39IN6O6/c1-4-44-38(50)34-33(54-40(51)27-15-7-5-8-16-27)35(55-41(52)28-17-9-6-10-18-28)39(53-34)49-24-46-32-36(47-42(43)48-37(32)49)45-23-31(29-19-11-13-25(2)21-29)30-20-12-14-26(3)22-30/h5-22,24,31,33-35,39H,4,23H2,1-3H3,(H,44,50)(H,45,47,48). The molecule has 1 saturated heterocycles. The average Bonchev–Trinajstić information content (AvgIpc) is 3.76. The monoisotopic (exact) mass is 850 g/mol. The Morgan fingerprint density at radius 1 is 0.800 bits per heavy atom. The molecule has 13 heteroatoms. The Labute approximate surface area is 331 Å². The fourth-order valence-corrected chi connectivity index (χ4v) is 7.20. The Kier molecular flexibility index (Phi) is 11.5. The number of halogens is 1. The summed E-state index contributed by atoms with van der Waals surface area (Å²) in [6.07, 6.45) is -3.64. The third-order valence-corrected chi connectivity index (χ3v) is 9.82. The molecule has 2 N–H and O–H groups in total. The number of hydrogen-bond acceptors (Lipinski definition) is 10. The van der Waals surface area contributed by atoms with Crippen LogP contribution in [-0.2, 0) is 19.0 Å². The first-order chi connectivity index (χ1) is 26.7. The SMILES string of the molecule is CCNC(=O)C1OC(n2cnc3c(NCC(c4cccc(C)c4)c4cccc(C)c4)nc(I)nc32)C(OC(=O)c2ccccc2)C1OC(=O)c1ccccc1. The van der Waals surface area contributed by atoms with Crippen molar-refractivity contribution in [3.05, 3.63) is 153 Å². The number of rotatable bonds is 12. The van der Waals surface area contributed by atoms with E-state index in [-0.39, 0.29) is 23.6 Å². The molecule has 0 aliphatic carbocycles. The third-order valence-electron chi connectivity index (χ3n) is 9.33. The fraction of sp³-hybridized carbons (Fsp3) is 0.238. The zero-order valence-corrected chi connectivity index (χ0v) is 32.5. The van der Waals surface area contributed by atoms with E-state index in [9.17, 15) is 14.4 Å². The fourth-order valence-electron chi connectivity index (χ4n) is 6.74. The Balaban J connectivity index is 1.27. The van der Waals surface area contributed by atoms with Crippen molar-refractivity contribution in [2.45, 2.75) is 51.2 Å². The Bertz CT molecular complexity index is 2280. The van der Waals surface area contributed by atoms with Gasteiger partial charge in [0.05, 0.1) is 17.5 Å². The number of nitrogens with one attached hydrogen (secondary N) is 2. The van der Waals surface area contributed by atoms with Crippen LogP contribution in [0.5, 0.6) is 0 Å². The van der Waals surface area contributed by atoms with Crippen molar-refractivity contribution in [1.29, 1.82) is 0 Å². The number of aromatic nitrogens is 4. The van der Waals surface area contributed by atoms with Crippen LogP contribution in [0.2, 0.25) is 0 Å². The van der Waals surface area contributed by atoms with Crippen LogP contribution in [0.3, 0.4) is 0 Å². The Morgan fingerprint density at radius 3 is 1.95 bits per heavy atom. The third kappa shape index (κ3) is 8.37. The zero-order chi connectivity index (χ0) is 38.5. The van der Waals surface area contributed by atoms with E-state index >= 15 is 0 Å². The first-order valence-electron chi connectivity index (χ1n) is 17.9. The Hall–Kier alpha value is -5.67. The summed E-state index contributed by atoms with van der Waals surface area (Å²) in [7, 11) is 0. The molecule has 12 nitrogen and oxygen atoms in total. The highest BCUT2D eigenvalue weighted by atomic mass is 127. The van der Waals surface area contributed by atoms with E-state index < -0.39 is 42.4 Å². The number of hydrogen-bond donors (Lipinski definition) is 2. The maximum Gasteiger partial charge on any atom is 0.338 e. The summed E-state index contributed by atoms with van der Waals surface area (Å²) in [5, 5.41) is 6.30. The molecule has 4 atom stereocenters. The van der Waals surface area contributed by atoms with Crippen LogP contribution in [0.25, 0.3) is 11.2 Å². The van der Waals surface area contributed by atoms with Gasteiger partial charge < -0.3 is 24.8 Å². The van der Waals surface area contributed by atoms with Crippen molar-refractivity contribution >= 4 is 57.4 Å². The topological polar surface area (TPSA) is 147 Å². The van der Waals surface area contributed by atoms with Crippen LogP contribution < -0.4 is 10.6 Å². The predicted octanol–water partition coefficient (Wildman–Crippen LogP) is 6.78. The zero-order valence-electron chi connectivity index (χ0n) is 30.4. The molecule has 2 aromatic heterocycles. The van der Waals surface area contributed by atoms with Crippen LogP contribution in [-0.4, -0.2) is 68.8 Å². The minimum atomic E-state index is -1.34. The van der Waals surface area contributed by atoms with Crippen molar-refractivity contribution < 1.29 is 28.6 Å². The maximum atomic E-state index is 13.6. The highest BCUT2D eigenvalue weighted by Gasteiger charge is 2.54. The van der Waals surface area contributed by atoms with Crippen LogP contribution in [0.1, 0.15) is 62.0 Å². The average molecular weight is 851 g/mol. The largest absolute Gasteiger partial charge is 0.451 e. The Morgan fingerprint density at radius 2 is 1.38 bits per heavy atom. The molecular formula is C42H39IN6O6. The van der Waals surface area contributed by atoms with Crippen LogP contribution >= 0.6 is 22.6 Å². The van der Waals surface area contributed by atoms with Gasteiger partial charge in [0.15, 0.2) is 45.4 Å². The summed E-state index contributed by atoms with van der Waals surface area (Å²) in [5.74, 6) is -1.46. The lowest BCUT2D eigenvalue weighted by molar-refractivity contribution is -0.137. The van der Waals surface area contributed by atoms with Crippen molar-refractivity contribution in [3.63, 3.8) is 0 Å². The van der Waals surface area contributed by atoms with E-state index in [2.05, 4.69) is 73.0 Å². The van der Waals surface area contributed by atoms with Gasteiger partial charge in [-0.2, -0.15) is 0 Å². The highest BCUT2D eigenvalue weighted by molar-refractivity contribution is 14.1. The smallest absolute Gasteiger partial charge is 0.338 e. The van der Waals surface area contributed by atoms with Crippen molar-refractivity contribution in [1.82, 2.24) is 24.8 Å². The second kappa shape index (κ2) is 16.8. The van der Waals surface area contributed by atoms with Crippen molar-refractivity contribution in [2.24, 2.45) is 0 Å². The summed E-state index contributed by atoms with van der Waals surface area (Å²) < 4.78 is 20.5. The first-order valence-corrected chi connectivity index (χ1v) is 19.0. The van der Waals surface area contributed by atoms with Crippen LogP contribution in [0.15, 0.2) is 116 Å². The number of amides is 1. The molecule has 1 amide bonds. The summed E-state index contributed by atoms with van der Waals surface area (Å²) in [4.78, 5) is 54.9. The van der Waals surface area contributed by atoms with Gasteiger partial charge >= 0.3 is 11.9 Å². The molecule has 55 heavy (non-hydrogen) atoms. The maximum absolute atomic E-state index is 13.6. The van der Waals surface area contributed by atoms with Crippen LogP contribution in [0.4, 0.5) is 5.82 Å². The number of imidazole rings is 1. The normalized spacial score (nSPS) is 17.9. The number of esters is 2. The number of anilines is 1. The van der Waals surface area contributed by atoms with Crippen LogP contribution in [0, 0.1) is 17.7 Å². The molecule has 0 saturated carbocycles. The molecule has 3 heterocycles. The number of aryl methyl sites for hydroxylation is 2. The van der Waals surface area contributed by atoms with E-state index in [0.717, 1.165) is 22.3 Å². The number of benzene rings is 4. The van der Waals surface area contributed by atoms with Crippen molar-refractivity contribution in [2.75, 3.05) is 18.4 Å².